The maximum atomic E-state index is 2.12. The summed E-state index contributed by atoms with van der Waals surface area (Å²) in [4.78, 5) is 0. The van der Waals surface area contributed by atoms with Crippen LogP contribution in [0.1, 0.15) is 0 Å². The van der Waals surface area contributed by atoms with E-state index in [0.29, 0.717) is 0 Å². The van der Waals surface area contributed by atoms with E-state index < -0.39 is 0 Å². The molecular formula is C16H48Cl4N4. The molecule has 0 aliphatic carbocycles. The lowest BCUT2D eigenvalue weighted by molar-refractivity contribution is -0.849. The third-order valence-electron chi connectivity index (χ3n) is 0. The number of hydrogen-bond donors (Lipinski definition) is 0. The molecular weight excluding hydrogens is 390 g/mol. The Morgan fingerprint density at radius 3 is 0.208 bits per heavy atom. The molecule has 24 heavy (non-hydrogen) atoms. The number of hydrogen-bond acceptors (Lipinski definition) is 0. The molecule has 8 heteroatoms. The van der Waals surface area contributed by atoms with Gasteiger partial charge in [-0.1, -0.05) is 0 Å². The minimum absolute atomic E-state index is 0. The quantitative estimate of drug-likeness (QED) is 0.330. The van der Waals surface area contributed by atoms with Gasteiger partial charge in [-0.15, -0.1) is 0 Å². The van der Waals surface area contributed by atoms with Crippen LogP contribution < -0.4 is 49.6 Å². The van der Waals surface area contributed by atoms with E-state index in [1.165, 1.54) is 0 Å². The third-order valence-corrected chi connectivity index (χ3v) is 0. The molecule has 0 aliphatic rings. The first-order valence-electron chi connectivity index (χ1n) is 7.16. The van der Waals surface area contributed by atoms with Gasteiger partial charge in [0, 0.05) is 0 Å². The highest BCUT2D eigenvalue weighted by Gasteiger charge is 1.89. The van der Waals surface area contributed by atoms with Crippen molar-refractivity contribution in [2.45, 2.75) is 0 Å². The molecule has 0 saturated heterocycles. The van der Waals surface area contributed by atoms with Crippen molar-refractivity contribution in [3.8, 4) is 0 Å². The van der Waals surface area contributed by atoms with Gasteiger partial charge in [-0.25, -0.2) is 0 Å². The average Bonchev–Trinajstić information content (AvgIpc) is 1.62. The maximum Gasteiger partial charge on any atom is 0.0675 e. The van der Waals surface area contributed by atoms with Crippen LogP contribution in [0, 0.1) is 0 Å². The molecule has 0 amide bonds. The zero-order valence-corrected chi connectivity index (χ0v) is 22.3. The van der Waals surface area contributed by atoms with E-state index in [0.717, 1.165) is 17.9 Å². The second-order valence-corrected chi connectivity index (χ2v) is 10.7. The van der Waals surface area contributed by atoms with Gasteiger partial charge < -0.3 is 67.6 Å². The Morgan fingerprint density at radius 2 is 0.208 bits per heavy atom. The molecule has 0 aromatic heterocycles. The topological polar surface area (TPSA) is 0 Å². The molecule has 0 fully saturated rings. The molecule has 0 heterocycles. The van der Waals surface area contributed by atoms with Crippen LogP contribution in [0.5, 0.6) is 0 Å². The van der Waals surface area contributed by atoms with Gasteiger partial charge >= 0.3 is 0 Å². The average molecular weight is 438 g/mol. The third kappa shape index (κ3) is 11100. The first kappa shape index (κ1) is 49.8. The van der Waals surface area contributed by atoms with Gasteiger partial charge in [-0.2, -0.15) is 0 Å². The van der Waals surface area contributed by atoms with Crippen LogP contribution in [-0.2, 0) is 0 Å². The number of halogens is 4. The summed E-state index contributed by atoms with van der Waals surface area (Å²) in [7, 11) is 34.0. The predicted molar refractivity (Wildman–Crippen MR) is 95.8 cm³/mol. The minimum atomic E-state index is 0. The molecule has 0 aliphatic heterocycles. The van der Waals surface area contributed by atoms with Crippen LogP contribution >= 0.6 is 0 Å². The summed E-state index contributed by atoms with van der Waals surface area (Å²) in [5.41, 5.74) is 0. The zero-order chi connectivity index (χ0) is 18.0. The van der Waals surface area contributed by atoms with Gasteiger partial charge in [-0.3, -0.25) is 0 Å². The fourth-order valence-corrected chi connectivity index (χ4v) is 0. The molecule has 160 valence electrons. The second kappa shape index (κ2) is 20.3. The molecule has 0 saturated carbocycles. The molecule has 0 radical (unpaired) electrons. The molecule has 0 spiro atoms. The first-order chi connectivity index (χ1) is 8.00. The standard InChI is InChI=1S/4C4H12N.4ClH/c4*1-5(2,3)4;;;;/h4*1-4H3;4*1H/q4*+1;;;;/p-4. The monoisotopic (exact) mass is 436 g/mol. The van der Waals surface area contributed by atoms with E-state index in [1.54, 1.807) is 0 Å². The van der Waals surface area contributed by atoms with Gasteiger partial charge in [0.15, 0.2) is 0 Å². The summed E-state index contributed by atoms with van der Waals surface area (Å²) in [6, 6.07) is 0. The molecule has 0 atom stereocenters. The first-order valence-corrected chi connectivity index (χ1v) is 7.16. The van der Waals surface area contributed by atoms with Crippen molar-refractivity contribution < 1.29 is 67.6 Å². The van der Waals surface area contributed by atoms with E-state index in [1.807, 2.05) is 0 Å². The van der Waals surface area contributed by atoms with Gasteiger partial charge in [-0.05, 0) is 0 Å². The summed E-state index contributed by atoms with van der Waals surface area (Å²) in [6.45, 7) is 0. The van der Waals surface area contributed by atoms with Crippen molar-refractivity contribution >= 4 is 0 Å². The Morgan fingerprint density at radius 1 is 0.208 bits per heavy atom. The second-order valence-electron chi connectivity index (χ2n) is 10.7. The number of quaternary nitrogens is 4. The largest absolute Gasteiger partial charge is 1.00 e. The SMILES string of the molecule is C[N+](C)(C)C.C[N+](C)(C)C.C[N+](C)(C)C.C[N+](C)(C)C.[Cl-].[Cl-].[Cl-].[Cl-]. The van der Waals surface area contributed by atoms with Crippen molar-refractivity contribution in [2.75, 3.05) is 113 Å². The Bertz CT molecular complexity index is 140. The zero-order valence-electron chi connectivity index (χ0n) is 19.3. The lowest BCUT2D eigenvalue weighted by Gasteiger charge is -2.14. The van der Waals surface area contributed by atoms with E-state index in [4.69, 9.17) is 0 Å². The van der Waals surface area contributed by atoms with Crippen molar-refractivity contribution in [3.05, 3.63) is 0 Å². The summed E-state index contributed by atoms with van der Waals surface area (Å²) < 4.78 is 4.00. The summed E-state index contributed by atoms with van der Waals surface area (Å²) in [5, 5.41) is 0. The summed E-state index contributed by atoms with van der Waals surface area (Å²) in [5.74, 6) is 0. The van der Waals surface area contributed by atoms with Crippen LogP contribution in [-0.4, -0.2) is 131 Å². The van der Waals surface area contributed by atoms with Gasteiger partial charge in [0.2, 0.25) is 0 Å². The van der Waals surface area contributed by atoms with Crippen LogP contribution in [0.3, 0.4) is 0 Å². The van der Waals surface area contributed by atoms with Crippen LogP contribution in [0.15, 0.2) is 0 Å². The van der Waals surface area contributed by atoms with Crippen LogP contribution in [0.25, 0.3) is 0 Å². The fourth-order valence-electron chi connectivity index (χ4n) is 0. The van der Waals surface area contributed by atoms with Gasteiger partial charge in [0.25, 0.3) is 0 Å². The summed E-state index contributed by atoms with van der Waals surface area (Å²) in [6.07, 6.45) is 0. The van der Waals surface area contributed by atoms with E-state index in [9.17, 15) is 0 Å². The Labute approximate surface area is 180 Å². The molecule has 0 bridgehead atoms. The number of rotatable bonds is 0. The predicted octanol–water partition coefficient (Wildman–Crippen LogP) is -10.7. The Kier molecular flexibility index (Phi) is 42.2. The molecule has 4 nitrogen and oxygen atoms in total. The smallest absolute Gasteiger partial charge is 0.0675 e. The van der Waals surface area contributed by atoms with E-state index in [2.05, 4.69) is 113 Å². The van der Waals surface area contributed by atoms with Crippen LogP contribution in [0.2, 0.25) is 0 Å². The lowest BCUT2D eigenvalue weighted by Crippen LogP contribution is -3.00. The highest BCUT2D eigenvalue weighted by Crippen LogP contribution is 1.74. The van der Waals surface area contributed by atoms with Gasteiger partial charge in [0.1, 0.15) is 0 Å². The molecule has 0 aromatic rings. The van der Waals surface area contributed by atoms with Crippen LogP contribution in [0.4, 0.5) is 0 Å². The lowest BCUT2D eigenvalue weighted by atomic mass is 10.8. The maximum absolute atomic E-state index is 2.12. The molecule has 0 unspecified atom stereocenters. The molecule has 0 rings (SSSR count). The molecule has 0 aromatic carbocycles. The Balaban J connectivity index is -0.0000000225. The highest BCUT2D eigenvalue weighted by atomic mass is 35.5. The number of nitrogens with zero attached hydrogens (tertiary/aromatic N) is 4. The van der Waals surface area contributed by atoms with Crippen molar-refractivity contribution in [1.29, 1.82) is 0 Å². The van der Waals surface area contributed by atoms with Crippen molar-refractivity contribution in [3.63, 3.8) is 0 Å². The fraction of sp³-hybridized carbons (Fsp3) is 1.00. The van der Waals surface area contributed by atoms with Gasteiger partial charge in [0.05, 0.1) is 113 Å². The highest BCUT2D eigenvalue weighted by molar-refractivity contribution is 3.88. The normalized spacial score (nSPS) is 10.0. The van der Waals surface area contributed by atoms with Crippen molar-refractivity contribution in [2.24, 2.45) is 0 Å². The molecule has 0 N–H and O–H groups in total. The summed E-state index contributed by atoms with van der Waals surface area (Å²) >= 11 is 0. The van der Waals surface area contributed by atoms with E-state index in [-0.39, 0.29) is 49.6 Å². The van der Waals surface area contributed by atoms with Crippen molar-refractivity contribution in [1.82, 2.24) is 0 Å². The van der Waals surface area contributed by atoms with E-state index >= 15 is 0 Å². The Hall–Kier alpha value is 1.00. The minimum Gasteiger partial charge on any atom is -1.00 e.